The van der Waals surface area contributed by atoms with Crippen LogP contribution in [0, 0.1) is 23.7 Å². The van der Waals surface area contributed by atoms with E-state index in [1.165, 1.54) is 7.11 Å². The fourth-order valence-electron chi connectivity index (χ4n) is 3.76. The van der Waals surface area contributed by atoms with Crippen LogP contribution in [0.3, 0.4) is 0 Å². The molecule has 24 heavy (non-hydrogen) atoms. The number of carbonyl (C=O) groups is 3. The van der Waals surface area contributed by atoms with Gasteiger partial charge in [-0.2, -0.15) is 0 Å². The monoisotopic (exact) mass is 331 g/mol. The zero-order chi connectivity index (χ0) is 18.3. The van der Waals surface area contributed by atoms with Crippen molar-refractivity contribution in [1.82, 2.24) is 0 Å². The van der Waals surface area contributed by atoms with Crippen LogP contribution >= 0.6 is 0 Å². The van der Waals surface area contributed by atoms with Gasteiger partial charge in [-0.25, -0.2) is 4.79 Å². The van der Waals surface area contributed by atoms with E-state index in [9.17, 15) is 14.4 Å². The summed E-state index contributed by atoms with van der Waals surface area (Å²) in [5.74, 6) is -0.622. The minimum Gasteiger partial charge on any atom is -0.465 e. The van der Waals surface area contributed by atoms with E-state index in [0.717, 1.165) is 18.4 Å². The van der Waals surface area contributed by atoms with Gasteiger partial charge in [-0.1, -0.05) is 32.9 Å². The number of hydrogen-bond acceptors (Lipinski definition) is 5. The van der Waals surface area contributed by atoms with Crippen LogP contribution in [0.4, 0.5) is 5.69 Å². The lowest BCUT2D eigenvalue weighted by Crippen LogP contribution is -2.33. The van der Waals surface area contributed by atoms with Crippen molar-refractivity contribution in [2.45, 2.75) is 40.5 Å². The molecule has 0 heterocycles. The van der Waals surface area contributed by atoms with Crippen LogP contribution in [0.15, 0.2) is 18.2 Å². The van der Waals surface area contributed by atoms with Crippen molar-refractivity contribution in [2.24, 2.45) is 16.7 Å². The van der Waals surface area contributed by atoms with Gasteiger partial charge in [-0.15, -0.1) is 0 Å². The van der Waals surface area contributed by atoms with Crippen LogP contribution in [-0.2, 0) is 14.3 Å². The van der Waals surface area contributed by atoms with Gasteiger partial charge < -0.3 is 10.5 Å². The van der Waals surface area contributed by atoms with E-state index >= 15 is 0 Å². The third kappa shape index (κ3) is 2.52. The summed E-state index contributed by atoms with van der Waals surface area (Å²) in [5, 5.41) is 0. The number of aryl methyl sites for hydroxylation is 1. The van der Waals surface area contributed by atoms with E-state index in [0.29, 0.717) is 11.3 Å². The zero-order valence-corrected chi connectivity index (χ0v) is 14.9. The average Bonchev–Trinajstić information content (AvgIpc) is 2.84. The van der Waals surface area contributed by atoms with Gasteiger partial charge in [-0.05, 0) is 36.8 Å². The fraction of sp³-hybridized carbons (Fsp3) is 0.526. The lowest BCUT2D eigenvalue weighted by atomic mass is 9.70. The first-order valence-corrected chi connectivity index (χ1v) is 8.10. The molecule has 0 aliphatic heterocycles. The third-order valence-electron chi connectivity index (χ3n) is 6.00. The molecule has 2 aliphatic carbocycles. The molecule has 0 radical (unpaired) electrons. The summed E-state index contributed by atoms with van der Waals surface area (Å²) < 4.78 is 4.55. The van der Waals surface area contributed by atoms with Crippen molar-refractivity contribution in [3.05, 3.63) is 29.3 Å². The van der Waals surface area contributed by atoms with Crippen molar-refractivity contribution >= 4 is 23.2 Å². The Balaban J connectivity index is 0.000000174. The van der Waals surface area contributed by atoms with Crippen LogP contribution in [0.1, 0.15) is 49.5 Å². The van der Waals surface area contributed by atoms with Crippen molar-refractivity contribution in [3.63, 3.8) is 0 Å². The molecule has 1 aromatic carbocycles. The highest BCUT2D eigenvalue weighted by Crippen LogP contribution is 2.61. The van der Waals surface area contributed by atoms with E-state index in [1.807, 2.05) is 33.8 Å². The van der Waals surface area contributed by atoms with Gasteiger partial charge in [0.1, 0.15) is 0 Å². The molecule has 3 rings (SSSR count). The van der Waals surface area contributed by atoms with Crippen LogP contribution in [0.25, 0.3) is 0 Å². The Morgan fingerprint density at radius 3 is 2.29 bits per heavy atom. The van der Waals surface area contributed by atoms with Crippen LogP contribution in [0.5, 0.6) is 0 Å². The van der Waals surface area contributed by atoms with Crippen LogP contribution in [0.2, 0.25) is 0 Å². The largest absolute Gasteiger partial charge is 0.465 e. The molecule has 0 aromatic heterocycles. The number of esters is 1. The van der Waals surface area contributed by atoms with E-state index in [-0.39, 0.29) is 28.3 Å². The molecule has 5 nitrogen and oxygen atoms in total. The SMILES string of the molecule is CC12CCC(C(=O)C1=O)C2(C)C.COC(=O)c1cccc(C)c1N. The molecule has 130 valence electrons. The fourth-order valence-corrected chi connectivity index (χ4v) is 3.76. The summed E-state index contributed by atoms with van der Waals surface area (Å²) in [6.07, 6.45) is 1.81. The Kier molecular flexibility index (Phi) is 4.57. The molecule has 0 spiro atoms. The van der Waals surface area contributed by atoms with Crippen LogP contribution < -0.4 is 5.73 Å². The number of rotatable bonds is 1. The van der Waals surface area contributed by atoms with Crippen LogP contribution in [-0.4, -0.2) is 24.6 Å². The molecule has 2 atom stereocenters. The topological polar surface area (TPSA) is 86.5 Å². The molecular weight excluding hydrogens is 306 g/mol. The lowest BCUT2D eigenvalue weighted by molar-refractivity contribution is -0.141. The lowest BCUT2D eigenvalue weighted by Gasteiger charge is -2.31. The Hall–Kier alpha value is -2.17. The standard InChI is InChI=1S/C10H14O2.C9H11NO2/c1-9(2)6-4-5-10(9,3)8(12)7(6)11;1-6-4-3-5-7(8(6)10)9(11)12-2/h6H,4-5H2,1-3H3;3-5H,10H2,1-2H3. The quantitative estimate of drug-likeness (QED) is 0.486. The van der Waals surface area contributed by atoms with Crippen molar-refractivity contribution in [3.8, 4) is 0 Å². The predicted octanol–water partition coefficient (Wildman–Crippen LogP) is 2.94. The Morgan fingerprint density at radius 1 is 1.25 bits per heavy atom. The highest BCUT2D eigenvalue weighted by atomic mass is 16.5. The number of carbonyl (C=O) groups excluding carboxylic acids is 3. The number of fused-ring (bicyclic) bond motifs is 2. The first kappa shape index (κ1) is 18.2. The van der Waals surface area contributed by atoms with Gasteiger partial charge >= 0.3 is 5.97 Å². The number of methoxy groups -OCH3 is 1. The van der Waals surface area contributed by atoms with Gasteiger partial charge in [0.05, 0.1) is 12.7 Å². The molecule has 2 N–H and O–H groups in total. The smallest absolute Gasteiger partial charge is 0.339 e. The molecule has 2 fully saturated rings. The third-order valence-corrected chi connectivity index (χ3v) is 6.00. The van der Waals surface area contributed by atoms with E-state index in [4.69, 9.17) is 5.73 Å². The summed E-state index contributed by atoms with van der Waals surface area (Å²) in [4.78, 5) is 34.1. The summed E-state index contributed by atoms with van der Waals surface area (Å²) in [7, 11) is 1.34. The molecule has 2 unspecified atom stereocenters. The summed E-state index contributed by atoms with van der Waals surface area (Å²) in [6.45, 7) is 7.89. The molecule has 1 aromatic rings. The number of para-hydroxylation sites is 1. The average molecular weight is 331 g/mol. The van der Waals surface area contributed by atoms with Crippen molar-refractivity contribution in [2.75, 3.05) is 12.8 Å². The molecule has 2 bridgehead atoms. The number of benzene rings is 1. The zero-order valence-electron chi connectivity index (χ0n) is 14.9. The van der Waals surface area contributed by atoms with Crippen molar-refractivity contribution in [1.29, 1.82) is 0 Å². The second kappa shape index (κ2) is 6.04. The first-order chi connectivity index (χ1) is 11.1. The molecule has 2 aliphatic rings. The van der Waals surface area contributed by atoms with E-state index in [2.05, 4.69) is 4.74 Å². The number of hydrogen-bond donors (Lipinski definition) is 1. The maximum Gasteiger partial charge on any atom is 0.339 e. The van der Waals surface area contributed by atoms with Gasteiger partial charge in [0.25, 0.3) is 0 Å². The Morgan fingerprint density at radius 2 is 1.88 bits per heavy atom. The minimum absolute atomic E-state index is 0.00926. The number of ether oxygens (including phenoxy) is 1. The van der Waals surface area contributed by atoms with Gasteiger partial charge in [0.2, 0.25) is 11.6 Å². The highest BCUT2D eigenvalue weighted by Gasteiger charge is 2.66. The number of nitrogen functional groups attached to an aromatic ring is 1. The predicted molar refractivity (Wildman–Crippen MR) is 91.6 cm³/mol. The number of ketones is 2. The number of nitrogens with two attached hydrogens (primary N) is 1. The molecule has 2 saturated carbocycles. The van der Waals surface area contributed by atoms with Gasteiger partial charge in [-0.3, -0.25) is 9.59 Å². The van der Waals surface area contributed by atoms with Gasteiger partial charge in [0.15, 0.2) is 0 Å². The number of Topliss-reactive ketones (excluding diaryl/α,β-unsaturated/α-hetero) is 2. The Labute approximate surface area is 142 Å². The maximum atomic E-state index is 11.6. The summed E-state index contributed by atoms with van der Waals surface area (Å²) >= 11 is 0. The second-order valence-corrected chi connectivity index (χ2v) is 7.37. The minimum atomic E-state index is -0.392. The molecule has 0 amide bonds. The summed E-state index contributed by atoms with van der Waals surface area (Å²) in [6, 6.07) is 5.27. The molecule has 5 heteroatoms. The van der Waals surface area contributed by atoms with Gasteiger partial charge in [0, 0.05) is 17.0 Å². The molecular formula is C19H25NO4. The Bertz CT molecular complexity index is 707. The molecule has 0 saturated heterocycles. The van der Waals surface area contributed by atoms with Crippen molar-refractivity contribution < 1.29 is 19.1 Å². The maximum absolute atomic E-state index is 11.6. The van der Waals surface area contributed by atoms with E-state index < -0.39 is 5.97 Å². The summed E-state index contributed by atoms with van der Waals surface area (Å²) in [5.41, 5.74) is 7.02. The first-order valence-electron chi connectivity index (χ1n) is 8.10. The highest BCUT2D eigenvalue weighted by molar-refractivity contribution is 6.43. The second-order valence-electron chi connectivity index (χ2n) is 7.37. The number of anilines is 1. The van der Waals surface area contributed by atoms with E-state index in [1.54, 1.807) is 12.1 Å². The normalized spacial score (nSPS) is 26.8.